The first-order chi connectivity index (χ1) is 30.2. The predicted molar refractivity (Wildman–Crippen MR) is 266 cm³/mol. The Morgan fingerprint density at radius 2 is 0.532 bits per heavy atom. The van der Waals surface area contributed by atoms with E-state index in [4.69, 9.17) is 14.2 Å². The smallest absolute Gasteiger partial charge is 0.306 e. The van der Waals surface area contributed by atoms with Gasteiger partial charge in [-0.25, -0.2) is 0 Å². The van der Waals surface area contributed by atoms with Gasteiger partial charge in [-0.05, 0) is 31.1 Å². The van der Waals surface area contributed by atoms with Gasteiger partial charge in [-0.2, -0.15) is 0 Å². The normalized spacial score (nSPS) is 12.0. The molecule has 0 aliphatic carbocycles. The molecule has 0 aliphatic rings. The summed E-state index contributed by atoms with van der Waals surface area (Å²) in [6.07, 6.45) is 51.1. The molecule has 0 heterocycles. The second kappa shape index (κ2) is 48.9. The summed E-state index contributed by atoms with van der Waals surface area (Å²) in [5.74, 6) is 0.754. The second-order valence-electron chi connectivity index (χ2n) is 20.2. The molecule has 0 fully saturated rings. The molecule has 0 spiro atoms. The molecule has 0 bridgehead atoms. The number of hydrogen-bond donors (Lipinski definition) is 0. The third-order valence-corrected chi connectivity index (χ3v) is 12.7. The van der Waals surface area contributed by atoms with Crippen LogP contribution in [0, 0.1) is 11.8 Å². The van der Waals surface area contributed by atoms with E-state index >= 15 is 0 Å². The van der Waals surface area contributed by atoms with Gasteiger partial charge in [-0.15, -0.1) is 0 Å². The van der Waals surface area contributed by atoms with E-state index < -0.39 is 6.10 Å². The molecule has 0 aromatic rings. The number of unbranched alkanes of at least 4 members (excludes halogenated alkanes) is 35. The maximum atomic E-state index is 12.8. The highest BCUT2D eigenvalue weighted by Crippen LogP contribution is 2.18. The highest BCUT2D eigenvalue weighted by atomic mass is 16.6. The first-order valence-electron chi connectivity index (χ1n) is 27.7. The van der Waals surface area contributed by atoms with Crippen LogP contribution < -0.4 is 0 Å². The van der Waals surface area contributed by atoms with Gasteiger partial charge in [0.25, 0.3) is 0 Å². The zero-order valence-corrected chi connectivity index (χ0v) is 42.5. The predicted octanol–water partition coefficient (Wildman–Crippen LogP) is 18.1. The Balaban J connectivity index is 4.23. The molecule has 368 valence electrons. The Morgan fingerprint density at radius 3 is 0.790 bits per heavy atom. The number of esters is 3. The van der Waals surface area contributed by atoms with Crippen molar-refractivity contribution in [1.82, 2.24) is 0 Å². The third-order valence-electron chi connectivity index (χ3n) is 12.7. The van der Waals surface area contributed by atoms with Gasteiger partial charge in [0.2, 0.25) is 0 Å². The number of carbonyl (C=O) groups excluding carboxylic acids is 3. The van der Waals surface area contributed by atoms with Gasteiger partial charge in [0.1, 0.15) is 13.2 Å². The fourth-order valence-electron chi connectivity index (χ4n) is 8.52. The van der Waals surface area contributed by atoms with E-state index in [0.717, 1.165) is 69.6 Å². The first-order valence-corrected chi connectivity index (χ1v) is 27.7. The lowest BCUT2D eigenvalue weighted by Gasteiger charge is -2.18. The molecule has 0 aromatic heterocycles. The standard InChI is InChI=1S/C56H108O6/c1-6-7-8-9-10-11-12-13-14-15-16-17-18-21-25-28-31-38-43-48-56(59)62-53(50-61-55(58)47-42-37-33-32-35-40-45-52(4)5)49-60-54(57)46-41-36-30-27-24-22-19-20-23-26-29-34-39-44-51(2)3/h51-53H,6-50H2,1-5H3/t53-/m1/s1. The van der Waals surface area contributed by atoms with E-state index in [0.29, 0.717) is 19.3 Å². The average Bonchev–Trinajstić information content (AvgIpc) is 3.24. The van der Waals surface area contributed by atoms with Gasteiger partial charge < -0.3 is 14.2 Å². The van der Waals surface area contributed by atoms with Gasteiger partial charge in [0.15, 0.2) is 6.10 Å². The highest BCUT2D eigenvalue weighted by molar-refractivity contribution is 5.71. The van der Waals surface area contributed by atoms with E-state index in [-0.39, 0.29) is 31.1 Å². The van der Waals surface area contributed by atoms with Crippen LogP contribution >= 0.6 is 0 Å². The Hall–Kier alpha value is -1.59. The lowest BCUT2D eigenvalue weighted by Crippen LogP contribution is -2.30. The van der Waals surface area contributed by atoms with Gasteiger partial charge in [0.05, 0.1) is 0 Å². The highest BCUT2D eigenvalue weighted by Gasteiger charge is 2.19. The summed E-state index contributed by atoms with van der Waals surface area (Å²) in [5, 5.41) is 0. The van der Waals surface area contributed by atoms with Crippen molar-refractivity contribution in [3.05, 3.63) is 0 Å². The number of ether oxygens (including phenoxy) is 3. The monoisotopic (exact) mass is 877 g/mol. The number of rotatable bonds is 50. The molecule has 0 radical (unpaired) electrons. The average molecular weight is 877 g/mol. The third kappa shape index (κ3) is 49.4. The van der Waals surface area contributed by atoms with Crippen LogP contribution in [-0.4, -0.2) is 37.2 Å². The molecule has 0 rings (SSSR count). The molecule has 0 saturated carbocycles. The molecule has 62 heavy (non-hydrogen) atoms. The van der Waals surface area contributed by atoms with Gasteiger partial charge in [-0.1, -0.05) is 272 Å². The minimum atomic E-state index is -0.762. The molecule has 0 amide bonds. The Morgan fingerprint density at radius 1 is 0.306 bits per heavy atom. The summed E-state index contributed by atoms with van der Waals surface area (Å²) in [7, 11) is 0. The van der Waals surface area contributed by atoms with Gasteiger partial charge in [0, 0.05) is 19.3 Å². The van der Waals surface area contributed by atoms with Crippen molar-refractivity contribution in [3.8, 4) is 0 Å². The SMILES string of the molecule is CCCCCCCCCCCCCCCCCCCCCC(=O)O[C@H](COC(=O)CCCCCCCCCCCCCCCC(C)C)COC(=O)CCCCCCCCC(C)C. The zero-order chi connectivity index (χ0) is 45.4. The molecular weight excluding hydrogens is 769 g/mol. The van der Waals surface area contributed by atoms with Crippen LogP contribution in [0.3, 0.4) is 0 Å². The quantitative estimate of drug-likeness (QED) is 0.0344. The maximum absolute atomic E-state index is 12.8. The van der Waals surface area contributed by atoms with Crippen molar-refractivity contribution in [1.29, 1.82) is 0 Å². The van der Waals surface area contributed by atoms with Crippen LogP contribution in [0.15, 0.2) is 0 Å². The summed E-state index contributed by atoms with van der Waals surface area (Å²) in [6.45, 7) is 11.3. The van der Waals surface area contributed by atoms with Crippen LogP contribution in [0.25, 0.3) is 0 Å². The summed E-state index contributed by atoms with van der Waals surface area (Å²) in [5.41, 5.74) is 0. The lowest BCUT2D eigenvalue weighted by atomic mass is 10.0. The van der Waals surface area contributed by atoms with Crippen LogP contribution in [0.5, 0.6) is 0 Å². The largest absolute Gasteiger partial charge is 0.462 e. The van der Waals surface area contributed by atoms with E-state index in [1.807, 2.05) is 0 Å². The second-order valence-corrected chi connectivity index (χ2v) is 20.2. The van der Waals surface area contributed by atoms with E-state index in [9.17, 15) is 14.4 Å². The molecular formula is C56H108O6. The van der Waals surface area contributed by atoms with Crippen LogP contribution in [0.2, 0.25) is 0 Å². The summed E-state index contributed by atoms with van der Waals surface area (Å²) in [4.78, 5) is 38.0. The molecule has 6 heteroatoms. The van der Waals surface area contributed by atoms with Gasteiger partial charge in [-0.3, -0.25) is 14.4 Å². The van der Waals surface area contributed by atoms with E-state index in [1.54, 1.807) is 0 Å². The zero-order valence-electron chi connectivity index (χ0n) is 42.5. The van der Waals surface area contributed by atoms with Crippen molar-refractivity contribution >= 4 is 17.9 Å². The van der Waals surface area contributed by atoms with Crippen molar-refractivity contribution in [2.45, 2.75) is 317 Å². The molecule has 0 saturated heterocycles. The maximum Gasteiger partial charge on any atom is 0.306 e. The van der Waals surface area contributed by atoms with Crippen LogP contribution in [0.1, 0.15) is 311 Å². The molecule has 0 unspecified atom stereocenters. The van der Waals surface area contributed by atoms with Gasteiger partial charge >= 0.3 is 17.9 Å². The van der Waals surface area contributed by atoms with Crippen molar-refractivity contribution in [3.63, 3.8) is 0 Å². The topological polar surface area (TPSA) is 78.9 Å². The Labute approximate surface area is 387 Å². The number of carbonyl (C=O) groups is 3. The summed E-state index contributed by atoms with van der Waals surface area (Å²) in [6, 6.07) is 0. The fraction of sp³-hybridized carbons (Fsp3) is 0.946. The van der Waals surface area contributed by atoms with Crippen molar-refractivity contribution < 1.29 is 28.6 Å². The molecule has 1 atom stereocenters. The van der Waals surface area contributed by atoms with E-state index in [1.165, 1.54) is 199 Å². The number of hydrogen-bond acceptors (Lipinski definition) is 6. The molecule has 6 nitrogen and oxygen atoms in total. The Kier molecular flexibility index (Phi) is 47.6. The summed E-state index contributed by atoms with van der Waals surface area (Å²) >= 11 is 0. The minimum Gasteiger partial charge on any atom is -0.462 e. The first kappa shape index (κ1) is 60.4. The summed E-state index contributed by atoms with van der Waals surface area (Å²) < 4.78 is 16.8. The van der Waals surface area contributed by atoms with Crippen LogP contribution in [0.4, 0.5) is 0 Å². The molecule has 0 N–H and O–H groups in total. The lowest BCUT2D eigenvalue weighted by molar-refractivity contribution is -0.167. The Bertz CT molecular complexity index is 947. The van der Waals surface area contributed by atoms with E-state index in [2.05, 4.69) is 34.6 Å². The van der Waals surface area contributed by atoms with Crippen LogP contribution in [-0.2, 0) is 28.6 Å². The minimum absolute atomic E-state index is 0.0641. The van der Waals surface area contributed by atoms with Crippen molar-refractivity contribution in [2.24, 2.45) is 11.8 Å². The van der Waals surface area contributed by atoms with Crippen molar-refractivity contribution in [2.75, 3.05) is 13.2 Å². The molecule has 0 aromatic carbocycles. The molecule has 0 aliphatic heterocycles. The fourth-order valence-corrected chi connectivity index (χ4v) is 8.52.